The molecule has 1 aromatic carbocycles. The van der Waals surface area contributed by atoms with Crippen LogP contribution in [0.15, 0.2) is 17.0 Å². The molecular weight excluding hydrogens is 291 g/mol. The Morgan fingerprint density at radius 2 is 1.82 bits per heavy atom. The van der Waals surface area contributed by atoms with Crippen molar-refractivity contribution in [1.29, 1.82) is 0 Å². The highest BCUT2D eigenvalue weighted by atomic mass is 35.7. The van der Waals surface area contributed by atoms with E-state index in [9.17, 15) is 13.2 Å². The zero-order valence-corrected chi connectivity index (χ0v) is 11.2. The minimum atomic E-state index is -3.99. The molecule has 94 valence electrons. The van der Waals surface area contributed by atoms with E-state index in [1.165, 1.54) is 14.2 Å². The third kappa shape index (κ3) is 3.02. The Balaban J connectivity index is 3.63. The molecule has 0 aliphatic rings. The minimum Gasteiger partial charge on any atom is -0.493 e. The molecular formula is C9H8Cl2O5S. The first-order chi connectivity index (χ1) is 7.81. The van der Waals surface area contributed by atoms with Crippen LogP contribution in [0.25, 0.3) is 0 Å². The van der Waals surface area contributed by atoms with Crippen molar-refractivity contribution < 1.29 is 22.7 Å². The summed E-state index contributed by atoms with van der Waals surface area (Å²) in [5.74, 6) is 0.106. The van der Waals surface area contributed by atoms with Gasteiger partial charge in [-0.25, -0.2) is 8.42 Å². The quantitative estimate of drug-likeness (QED) is 0.795. The van der Waals surface area contributed by atoms with E-state index < -0.39 is 14.3 Å². The number of halogens is 2. The van der Waals surface area contributed by atoms with Crippen molar-refractivity contribution in [3.05, 3.63) is 17.7 Å². The van der Waals surface area contributed by atoms with Gasteiger partial charge in [0.05, 0.1) is 24.7 Å². The lowest BCUT2D eigenvalue weighted by molar-refractivity contribution is 0.107. The fourth-order valence-corrected chi connectivity index (χ4v) is 2.14. The van der Waals surface area contributed by atoms with Crippen LogP contribution in [0.4, 0.5) is 0 Å². The topological polar surface area (TPSA) is 69.7 Å². The second kappa shape index (κ2) is 5.12. The molecule has 0 atom stereocenters. The van der Waals surface area contributed by atoms with Crippen molar-refractivity contribution in [2.24, 2.45) is 0 Å². The van der Waals surface area contributed by atoms with Crippen molar-refractivity contribution >= 4 is 36.6 Å². The number of rotatable bonds is 4. The highest BCUT2D eigenvalue weighted by Crippen LogP contribution is 2.35. The summed E-state index contributed by atoms with van der Waals surface area (Å²) >= 11 is 5.33. The molecule has 5 nitrogen and oxygen atoms in total. The fraction of sp³-hybridized carbons (Fsp3) is 0.222. The van der Waals surface area contributed by atoms with E-state index in [-0.39, 0.29) is 22.0 Å². The third-order valence-electron chi connectivity index (χ3n) is 1.95. The first kappa shape index (κ1) is 14.1. The van der Waals surface area contributed by atoms with Crippen LogP contribution < -0.4 is 9.47 Å². The standard InChI is InChI=1S/C9H8Cl2O5S/c1-15-7-4-5(17(11,13)14)3-6(9(10)12)8(7)16-2/h3-4H,1-2H3. The molecule has 0 aliphatic heterocycles. The molecule has 1 rings (SSSR count). The zero-order chi connectivity index (χ0) is 13.2. The SMILES string of the molecule is COc1cc(S(=O)(=O)Cl)cc(C(=O)Cl)c1OC. The Morgan fingerprint density at radius 3 is 2.18 bits per heavy atom. The Bertz CT molecular complexity index is 553. The van der Waals surface area contributed by atoms with Gasteiger partial charge in [0, 0.05) is 16.7 Å². The largest absolute Gasteiger partial charge is 0.493 e. The van der Waals surface area contributed by atoms with Crippen LogP contribution >= 0.6 is 22.3 Å². The smallest absolute Gasteiger partial charge is 0.261 e. The molecule has 0 radical (unpaired) electrons. The van der Waals surface area contributed by atoms with Crippen molar-refractivity contribution in [3.8, 4) is 11.5 Å². The van der Waals surface area contributed by atoms with Gasteiger partial charge in [-0.05, 0) is 17.7 Å². The molecule has 0 spiro atoms. The molecule has 0 unspecified atom stereocenters. The number of benzene rings is 1. The minimum absolute atomic E-state index is 0.0524. The lowest BCUT2D eigenvalue weighted by Crippen LogP contribution is -2.02. The Kier molecular flexibility index (Phi) is 4.24. The van der Waals surface area contributed by atoms with Gasteiger partial charge in [-0.3, -0.25) is 4.79 Å². The van der Waals surface area contributed by atoms with Gasteiger partial charge >= 0.3 is 0 Å². The van der Waals surface area contributed by atoms with Gasteiger partial charge < -0.3 is 9.47 Å². The monoisotopic (exact) mass is 298 g/mol. The van der Waals surface area contributed by atoms with Gasteiger partial charge in [-0.2, -0.15) is 0 Å². The Labute approximate surface area is 108 Å². The second-order valence-electron chi connectivity index (χ2n) is 2.92. The first-order valence-corrected chi connectivity index (χ1v) is 6.90. The second-order valence-corrected chi connectivity index (χ2v) is 5.83. The first-order valence-electron chi connectivity index (χ1n) is 4.21. The summed E-state index contributed by atoms with van der Waals surface area (Å²) < 4.78 is 32.2. The number of hydrogen-bond donors (Lipinski definition) is 0. The molecule has 8 heteroatoms. The number of carbonyl (C=O) groups is 1. The zero-order valence-electron chi connectivity index (χ0n) is 8.86. The normalized spacial score (nSPS) is 11.1. The van der Waals surface area contributed by atoms with E-state index in [0.717, 1.165) is 12.1 Å². The lowest BCUT2D eigenvalue weighted by atomic mass is 10.2. The van der Waals surface area contributed by atoms with E-state index >= 15 is 0 Å². The maximum Gasteiger partial charge on any atom is 0.261 e. The summed E-state index contributed by atoms with van der Waals surface area (Å²) in [5, 5.41) is -0.873. The third-order valence-corrected chi connectivity index (χ3v) is 3.48. The number of hydrogen-bond acceptors (Lipinski definition) is 5. The Morgan fingerprint density at radius 1 is 1.24 bits per heavy atom. The van der Waals surface area contributed by atoms with Gasteiger partial charge in [0.15, 0.2) is 11.5 Å². The number of ether oxygens (including phenoxy) is 2. The van der Waals surface area contributed by atoms with Gasteiger partial charge in [0.25, 0.3) is 14.3 Å². The average molecular weight is 299 g/mol. The van der Waals surface area contributed by atoms with E-state index in [2.05, 4.69) is 0 Å². The summed E-state index contributed by atoms with van der Waals surface area (Å²) in [4.78, 5) is 10.9. The van der Waals surface area contributed by atoms with Gasteiger partial charge in [-0.1, -0.05) is 0 Å². The Hall–Kier alpha value is -0.980. The van der Waals surface area contributed by atoms with Crippen LogP contribution in [-0.2, 0) is 9.05 Å². The molecule has 0 aliphatic carbocycles. The van der Waals surface area contributed by atoms with E-state index in [1.807, 2.05) is 0 Å². The molecule has 0 saturated carbocycles. The molecule has 1 aromatic rings. The molecule has 0 aromatic heterocycles. The van der Waals surface area contributed by atoms with E-state index in [1.54, 1.807) is 0 Å². The van der Waals surface area contributed by atoms with E-state index in [4.69, 9.17) is 31.8 Å². The summed E-state index contributed by atoms with van der Waals surface area (Å²) in [6, 6.07) is 2.17. The number of carbonyl (C=O) groups excluding carboxylic acids is 1. The van der Waals surface area contributed by atoms with Crippen molar-refractivity contribution in [2.75, 3.05) is 14.2 Å². The maximum atomic E-state index is 11.2. The summed E-state index contributed by atoms with van der Waals surface area (Å²) in [6.07, 6.45) is 0. The summed E-state index contributed by atoms with van der Waals surface area (Å²) in [6.45, 7) is 0. The van der Waals surface area contributed by atoms with Crippen molar-refractivity contribution in [2.45, 2.75) is 4.90 Å². The highest BCUT2D eigenvalue weighted by Gasteiger charge is 2.21. The molecule has 0 bridgehead atoms. The summed E-state index contributed by atoms with van der Waals surface area (Å²) in [5.41, 5.74) is -0.132. The predicted octanol–water partition coefficient (Wildman–Crippen LogP) is 2.01. The lowest BCUT2D eigenvalue weighted by Gasteiger charge is -2.11. The molecule has 0 N–H and O–H groups in total. The molecule has 0 heterocycles. The molecule has 0 amide bonds. The van der Waals surface area contributed by atoms with Gasteiger partial charge in [0.1, 0.15) is 0 Å². The predicted molar refractivity (Wildman–Crippen MR) is 62.8 cm³/mol. The van der Waals surface area contributed by atoms with Crippen LogP contribution in [0, 0.1) is 0 Å². The van der Waals surface area contributed by atoms with E-state index in [0.29, 0.717) is 0 Å². The van der Waals surface area contributed by atoms with Gasteiger partial charge in [0.2, 0.25) is 0 Å². The summed E-state index contributed by atoms with van der Waals surface area (Å²) in [7, 11) is 3.79. The molecule has 0 fully saturated rings. The molecule has 17 heavy (non-hydrogen) atoms. The highest BCUT2D eigenvalue weighted by molar-refractivity contribution is 8.13. The van der Waals surface area contributed by atoms with Crippen LogP contribution in [0.5, 0.6) is 11.5 Å². The van der Waals surface area contributed by atoms with Crippen LogP contribution in [0.1, 0.15) is 10.4 Å². The molecule has 0 saturated heterocycles. The van der Waals surface area contributed by atoms with Gasteiger partial charge in [-0.15, -0.1) is 0 Å². The van der Waals surface area contributed by atoms with Crippen LogP contribution in [0.2, 0.25) is 0 Å². The number of methoxy groups -OCH3 is 2. The maximum absolute atomic E-state index is 11.2. The van der Waals surface area contributed by atoms with Crippen LogP contribution in [-0.4, -0.2) is 27.9 Å². The fourth-order valence-electron chi connectivity index (χ4n) is 1.23. The van der Waals surface area contributed by atoms with Crippen molar-refractivity contribution in [3.63, 3.8) is 0 Å². The average Bonchev–Trinajstić information content (AvgIpc) is 2.25. The van der Waals surface area contributed by atoms with Crippen LogP contribution in [0.3, 0.4) is 0 Å². The van der Waals surface area contributed by atoms with Crippen molar-refractivity contribution in [1.82, 2.24) is 0 Å².